The van der Waals surface area contributed by atoms with E-state index in [1.54, 1.807) is 0 Å². The van der Waals surface area contributed by atoms with Gasteiger partial charge in [-0.05, 0) is 42.7 Å². The van der Waals surface area contributed by atoms with E-state index in [2.05, 4.69) is 16.7 Å². The monoisotopic (exact) mass is 323 g/mol. The molecule has 5 heteroatoms. The molecule has 124 valence electrons. The van der Waals surface area contributed by atoms with Crippen LogP contribution in [0.15, 0.2) is 42.5 Å². The summed E-state index contributed by atoms with van der Waals surface area (Å²) in [7, 11) is 0. The van der Waals surface area contributed by atoms with Crippen LogP contribution in [0, 0.1) is 6.92 Å². The number of para-hydroxylation sites is 1. The van der Waals surface area contributed by atoms with E-state index in [4.69, 9.17) is 0 Å². The van der Waals surface area contributed by atoms with Crippen molar-refractivity contribution < 1.29 is 9.59 Å². The first-order chi connectivity index (χ1) is 11.5. The van der Waals surface area contributed by atoms with Gasteiger partial charge in [-0.15, -0.1) is 0 Å². The van der Waals surface area contributed by atoms with Crippen LogP contribution >= 0.6 is 0 Å². The minimum Gasteiger partial charge on any atom is -0.376 e. The van der Waals surface area contributed by atoms with E-state index in [0.29, 0.717) is 0 Å². The number of rotatable bonds is 4. The number of amides is 2. The van der Waals surface area contributed by atoms with Crippen molar-refractivity contribution in [2.45, 2.75) is 20.3 Å². The van der Waals surface area contributed by atoms with Crippen molar-refractivity contribution in [3.63, 3.8) is 0 Å². The number of nitrogens with one attached hydrogen (secondary N) is 2. The SMILES string of the molecule is CC(=O)Nc1cc(NCC(=O)N2CCc3ccccc32)ccc1C. The summed E-state index contributed by atoms with van der Waals surface area (Å²) in [4.78, 5) is 25.6. The molecule has 2 N–H and O–H groups in total. The van der Waals surface area contributed by atoms with Crippen LogP contribution < -0.4 is 15.5 Å². The maximum Gasteiger partial charge on any atom is 0.246 e. The quantitative estimate of drug-likeness (QED) is 0.909. The molecular formula is C19H21N3O2. The second-order valence-electron chi connectivity index (χ2n) is 5.99. The molecule has 0 aliphatic carbocycles. The molecule has 24 heavy (non-hydrogen) atoms. The van der Waals surface area contributed by atoms with Gasteiger partial charge in [0.1, 0.15) is 0 Å². The Kier molecular flexibility index (Phi) is 4.51. The molecule has 0 fully saturated rings. The summed E-state index contributed by atoms with van der Waals surface area (Å²) in [6.45, 7) is 4.36. The Morgan fingerprint density at radius 3 is 2.75 bits per heavy atom. The van der Waals surface area contributed by atoms with Crippen LogP contribution in [0.25, 0.3) is 0 Å². The van der Waals surface area contributed by atoms with E-state index >= 15 is 0 Å². The zero-order valence-electron chi connectivity index (χ0n) is 13.9. The smallest absolute Gasteiger partial charge is 0.246 e. The Bertz CT molecular complexity index is 786. The third kappa shape index (κ3) is 3.40. The summed E-state index contributed by atoms with van der Waals surface area (Å²) in [5.74, 6) is -0.0680. The lowest BCUT2D eigenvalue weighted by Gasteiger charge is -2.18. The summed E-state index contributed by atoms with van der Waals surface area (Å²) in [5.41, 5.74) is 4.77. The third-order valence-corrected chi connectivity index (χ3v) is 4.18. The summed E-state index contributed by atoms with van der Waals surface area (Å²) in [6.07, 6.45) is 0.902. The molecule has 0 unspecified atom stereocenters. The molecule has 0 saturated carbocycles. The van der Waals surface area contributed by atoms with Crippen molar-refractivity contribution in [2.24, 2.45) is 0 Å². The van der Waals surface area contributed by atoms with Crippen LogP contribution in [0.1, 0.15) is 18.1 Å². The lowest BCUT2D eigenvalue weighted by Crippen LogP contribution is -2.34. The van der Waals surface area contributed by atoms with Gasteiger partial charge < -0.3 is 15.5 Å². The highest BCUT2D eigenvalue weighted by Crippen LogP contribution is 2.27. The summed E-state index contributed by atoms with van der Waals surface area (Å²) in [6, 6.07) is 13.7. The Labute approximate surface area is 141 Å². The normalized spacial score (nSPS) is 12.7. The first-order valence-corrected chi connectivity index (χ1v) is 8.05. The van der Waals surface area contributed by atoms with Crippen LogP contribution in [0.5, 0.6) is 0 Å². The maximum atomic E-state index is 12.5. The van der Waals surface area contributed by atoms with Crippen molar-refractivity contribution in [3.05, 3.63) is 53.6 Å². The lowest BCUT2D eigenvalue weighted by atomic mass is 10.1. The molecule has 1 aliphatic rings. The largest absolute Gasteiger partial charge is 0.376 e. The van der Waals surface area contributed by atoms with Gasteiger partial charge in [0.15, 0.2) is 0 Å². The Morgan fingerprint density at radius 1 is 1.17 bits per heavy atom. The molecule has 5 nitrogen and oxygen atoms in total. The average molecular weight is 323 g/mol. The summed E-state index contributed by atoms with van der Waals surface area (Å²) >= 11 is 0. The fraction of sp³-hybridized carbons (Fsp3) is 0.263. The molecule has 1 heterocycles. The molecular weight excluding hydrogens is 302 g/mol. The summed E-state index contributed by atoms with van der Waals surface area (Å²) < 4.78 is 0. The topological polar surface area (TPSA) is 61.4 Å². The fourth-order valence-electron chi connectivity index (χ4n) is 2.93. The average Bonchev–Trinajstić information content (AvgIpc) is 2.99. The molecule has 3 rings (SSSR count). The molecule has 1 aliphatic heterocycles. The first-order valence-electron chi connectivity index (χ1n) is 8.05. The van der Waals surface area contributed by atoms with Gasteiger partial charge in [0.05, 0.1) is 6.54 Å². The van der Waals surface area contributed by atoms with Crippen molar-refractivity contribution in [3.8, 4) is 0 Å². The zero-order chi connectivity index (χ0) is 17.1. The molecule has 0 radical (unpaired) electrons. The number of fused-ring (bicyclic) bond motifs is 1. The molecule has 0 spiro atoms. The van der Waals surface area contributed by atoms with Crippen molar-refractivity contribution >= 4 is 28.9 Å². The van der Waals surface area contributed by atoms with E-state index < -0.39 is 0 Å². The minimum atomic E-state index is -0.111. The number of carbonyl (C=O) groups excluding carboxylic acids is 2. The molecule has 0 aromatic heterocycles. The van der Waals surface area contributed by atoms with Crippen molar-refractivity contribution in [1.29, 1.82) is 0 Å². The predicted octanol–water partition coefficient (Wildman–Crippen LogP) is 2.95. The van der Waals surface area contributed by atoms with Gasteiger partial charge in [0, 0.05) is 30.5 Å². The maximum absolute atomic E-state index is 12.5. The predicted molar refractivity (Wildman–Crippen MR) is 96.5 cm³/mol. The highest BCUT2D eigenvalue weighted by Gasteiger charge is 2.23. The lowest BCUT2D eigenvalue weighted by molar-refractivity contribution is -0.117. The number of aryl methyl sites for hydroxylation is 1. The molecule has 2 amide bonds. The molecule has 0 bridgehead atoms. The number of carbonyl (C=O) groups is 2. The van der Waals surface area contributed by atoms with Crippen LogP contribution in [0.3, 0.4) is 0 Å². The minimum absolute atomic E-state index is 0.0432. The van der Waals surface area contributed by atoms with Gasteiger partial charge in [-0.1, -0.05) is 24.3 Å². The number of benzene rings is 2. The fourth-order valence-corrected chi connectivity index (χ4v) is 2.93. The van der Waals surface area contributed by atoms with Crippen molar-refractivity contribution in [1.82, 2.24) is 0 Å². The van der Waals surface area contributed by atoms with Crippen LogP contribution in [-0.2, 0) is 16.0 Å². The Morgan fingerprint density at radius 2 is 1.96 bits per heavy atom. The molecule has 0 atom stereocenters. The van der Waals surface area contributed by atoms with Gasteiger partial charge in [-0.25, -0.2) is 0 Å². The highest BCUT2D eigenvalue weighted by molar-refractivity contribution is 5.98. The van der Waals surface area contributed by atoms with E-state index in [1.165, 1.54) is 12.5 Å². The molecule has 2 aromatic rings. The second-order valence-corrected chi connectivity index (χ2v) is 5.99. The second kappa shape index (κ2) is 6.74. The van der Waals surface area contributed by atoms with E-state index in [-0.39, 0.29) is 18.4 Å². The van der Waals surface area contributed by atoms with Gasteiger partial charge in [0.2, 0.25) is 11.8 Å². The van der Waals surface area contributed by atoms with Gasteiger partial charge in [0.25, 0.3) is 0 Å². The van der Waals surface area contributed by atoms with Crippen molar-refractivity contribution in [2.75, 3.05) is 28.6 Å². The standard InChI is InChI=1S/C19H21N3O2/c1-13-7-8-16(11-17(13)21-14(2)23)20-12-19(24)22-10-9-15-5-3-4-6-18(15)22/h3-8,11,20H,9-10,12H2,1-2H3,(H,21,23). The van der Waals surface area contributed by atoms with E-state index in [0.717, 1.165) is 35.6 Å². The van der Waals surface area contributed by atoms with E-state index in [1.807, 2.05) is 48.2 Å². The Hall–Kier alpha value is -2.82. The molecule has 0 saturated heterocycles. The van der Waals surface area contributed by atoms with Gasteiger partial charge >= 0.3 is 0 Å². The third-order valence-electron chi connectivity index (χ3n) is 4.18. The summed E-state index contributed by atoms with van der Waals surface area (Å²) in [5, 5.41) is 5.95. The first kappa shape index (κ1) is 16.1. The highest BCUT2D eigenvalue weighted by atomic mass is 16.2. The van der Waals surface area contributed by atoms with Crippen LogP contribution in [0.2, 0.25) is 0 Å². The number of hydrogen-bond donors (Lipinski definition) is 2. The number of anilines is 3. The van der Waals surface area contributed by atoms with E-state index in [9.17, 15) is 9.59 Å². The zero-order valence-corrected chi connectivity index (χ0v) is 13.9. The number of nitrogens with zero attached hydrogens (tertiary/aromatic N) is 1. The van der Waals surface area contributed by atoms with Gasteiger partial charge in [-0.2, -0.15) is 0 Å². The number of hydrogen-bond acceptors (Lipinski definition) is 3. The van der Waals surface area contributed by atoms with Crippen LogP contribution in [-0.4, -0.2) is 24.9 Å². The Balaban J connectivity index is 1.66. The van der Waals surface area contributed by atoms with Crippen LogP contribution in [0.4, 0.5) is 17.1 Å². The van der Waals surface area contributed by atoms with Gasteiger partial charge in [-0.3, -0.25) is 9.59 Å². The molecule has 2 aromatic carbocycles.